The zero-order chi connectivity index (χ0) is 19.0. The lowest BCUT2D eigenvalue weighted by atomic mass is 10.0. The van der Waals surface area contributed by atoms with Crippen molar-refractivity contribution in [3.05, 3.63) is 39.6 Å². The first-order valence-corrected chi connectivity index (χ1v) is 6.85. The molecule has 0 aliphatic carbocycles. The lowest BCUT2D eigenvalue weighted by Crippen LogP contribution is -2.47. The van der Waals surface area contributed by atoms with Gasteiger partial charge in [0.2, 0.25) is 0 Å². The molecule has 0 heterocycles. The topological polar surface area (TPSA) is 161 Å². The van der Waals surface area contributed by atoms with Crippen LogP contribution in [0.25, 0.3) is 0 Å². The summed E-state index contributed by atoms with van der Waals surface area (Å²) in [7, 11) is 2.40. The number of likely N-dealkylation sites (N-methyl/N-ethyl adjacent to an activating group) is 1. The molecule has 0 saturated heterocycles. The van der Waals surface area contributed by atoms with Gasteiger partial charge >= 0.3 is 18.0 Å². The molecule has 1 aromatic carbocycles. The van der Waals surface area contributed by atoms with Gasteiger partial charge in [-0.2, -0.15) is 10.4 Å². The molecule has 4 amide bonds. The van der Waals surface area contributed by atoms with Crippen molar-refractivity contribution in [2.24, 2.45) is 10.6 Å². The third-order valence-electron chi connectivity index (χ3n) is 3.26. The summed E-state index contributed by atoms with van der Waals surface area (Å²) < 4.78 is 0. The summed E-state index contributed by atoms with van der Waals surface area (Å²) in [5.74, 6) is -1.26. The average molecular weight is 352 g/mol. The lowest BCUT2D eigenvalue weighted by Gasteiger charge is -2.23. The van der Waals surface area contributed by atoms with Crippen molar-refractivity contribution < 1.29 is 19.5 Å². The second kappa shape index (κ2) is 8.90. The molecule has 1 aromatic rings. The fraction of sp³-hybridized carbons (Fsp3) is 0.308. The summed E-state index contributed by atoms with van der Waals surface area (Å²) in [6.45, 7) is 0. The molecule has 0 aliphatic rings. The molecule has 1 unspecified atom stereocenters. The van der Waals surface area contributed by atoms with Crippen molar-refractivity contribution >= 4 is 23.7 Å². The Bertz CT molecular complexity index is 663. The molecule has 0 bridgehead atoms. The highest BCUT2D eigenvalue weighted by atomic mass is 16.4. The average Bonchev–Trinajstić information content (AvgIpc) is 2.59. The van der Waals surface area contributed by atoms with Crippen LogP contribution in [0.15, 0.2) is 34.8 Å². The monoisotopic (exact) mass is 352 g/mol. The Hall–Kier alpha value is -3.57. The maximum Gasteiger partial charge on any atom is 0.344 e. The summed E-state index contributed by atoms with van der Waals surface area (Å²) in [5.41, 5.74) is 2.55. The van der Waals surface area contributed by atoms with Crippen LogP contribution >= 0.6 is 0 Å². The molecular weight excluding hydrogens is 336 g/mol. The van der Waals surface area contributed by atoms with Gasteiger partial charge in [0.15, 0.2) is 0 Å². The van der Waals surface area contributed by atoms with Crippen LogP contribution < -0.4 is 10.7 Å². The van der Waals surface area contributed by atoms with Crippen molar-refractivity contribution in [1.29, 1.82) is 0 Å². The summed E-state index contributed by atoms with van der Waals surface area (Å²) in [5, 5.41) is 16.9. The van der Waals surface area contributed by atoms with Crippen molar-refractivity contribution in [3.63, 3.8) is 0 Å². The van der Waals surface area contributed by atoms with E-state index >= 15 is 0 Å². The number of carboxylic acids is 1. The Morgan fingerprint density at radius 3 is 2.20 bits per heavy atom. The van der Waals surface area contributed by atoms with E-state index in [-0.39, 0.29) is 6.42 Å². The number of urea groups is 2. The molecule has 134 valence electrons. The number of nitrogens with zero attached hydrogens (tertiary/aromatic N) is 4. The number of carbonyl (C=O) groups is 3. The van der Waals surface area contributed by atoms with Crippen molar-refractivity contribution in [2.45, 2.75) is 12.5 Å². The molecule has 1 atom stereocenters. The first-order chi connectivity index (χ1) is 11.8. The van der Waals surface area contributed by atoms with Crippen LogP contribution in [0, 0.1) is 9.81 Å². The van der Waals surface area contributed by atoms with Crippen LogP contribution in [0.3, 0.4) is 0 Å². The molecule has 0 aromatic heterocycles. The fourth-order valence-corrected chi connectivity index (χ4v) is 1.84. The number of rotatable bonds is 7. The number of nitrogens with one attached hydrogen (secondary N) is 2. The molecule has 12 nitrogen and oxygen atoms in total. The normalized spacial score (nSPS) is 11.0. The molecule has 12 heteroatoms. The van der Waals surface area contributed by atoms with Gasteiger partial charge in [-0.1, -0.05) is 12.1 Å². The maximum atomic E-state index is 11.5. The Balaban J connectivity index is 2.81. The zero-order valence-electron chi connectivity index (χ0n) is 13.4. The number of hydrogen-bond donors (Lipinski definition) is 3. The molecule has 0 aliphatic heterocycles. The largest absolute Gasteiger partial charge is 0.480 e. The van der Waals surface area contributed by atoms with Crippen LogP contribution in [0.4, 0.5) is 15.3 Å². The molecule has 3 N–H and O–H groups in total. The number of nitroso groups, excluding NO2 is 2. The SMILES string of the molecule is CN(N=O)C(=O)Nc1ccc(CC(C(=O)O)N(C)C(=O)NN=O)cc1. The smallest absolute Gasteiger partial charge is 0.344 e. The molecular formula is C13H16N6O6. The van der Waals surface area contributed by atoms with E-state index in [1.54, 1.807) is 17.6 Å². The van der Waals surface area contributed by atoms with E-state index in [1.165, 1.54) is 26.2 Å². The lowest BCUT2D eigenvalue weighted by molar-refractivity contribution is -0.141. The van der Waals surface area contributed by atoms with E-state index in [1.807, 2.05) is 0 Å². The summed E-state index contributed by atoms with van der Waals surface area (Å²) in [6, 6.07) is 3.18. The van der Waals surface area contributed by atoms with Gasteiger partial charge in [-0.3, -0.25) is 0 Å². The van der Waals surface area contributed by atoms with Crippen LogP contribution in [-0.2, 0) is 11.2 Å². The van der Waals surface area contributed by atoms with E-state index in [9.17, 15) is 29.3 Å². The maximum absolute atomic E-state index is 11.5. The highest BCUT2D eigenvalue weighted by Crippen LogP contribution is 2.14. The van der Waals surface area contributed by atoms with E-state index in [2.05, 4.69) is 15.9 Å². The highest BCUT2D eigenvalue weighted by Gasteiger charge is 2.27. The van der Waals surface area contributed by atoms with Gasteiger partial charge in [0.05, 0.1) is 10.6 Å². The Morgan fingerprint density at radius 2 is 1.72 bits per heavy atom. The summed E-state index contributed by atoms with van der Waals surface area (Å²) in [4.78, 5) is 55.5. The van der Waals surface area contributed by atoms with Crippen LogP contribution in [-0.4, -0.2) is 53.2 Å². The van der Waals surface area contributed by atoms with Crippen molar-refractivity contribution in [2.75, 3.05) is 19.4 Å². The fourth-order valence-electron chi connectivity index (χ4n) is 1.84. The van der Waals surface area contributed by atoms with Crippen molar-refractivity contribution in [1.82, 2.24) is 15.3 Å². The second-order valence-corrected chi connectivity index (χ2v) is 4.91. The number of carboxylic acid groups (broad SMARTS) is 1. The number of amides is 4. The predicted octanol–water partition coefficient (Wildman–Crippen LogP) is 1.15. The Labute approximate surface area is 141 Å². The third kappa shape index (κ3) is 5.53. The zero-order valence-corrected chi connectivity index (χ0v) is 13.4. The number of hydrogen-bond acceptors (Lipinski definition) is 7. The molecule has 25 heavy (non-hydrogen) atoms. The molecule has 0 saturated carbocycles. The van der Waals surface area contributed by atoms with Gasteiger partial charge in [-0.15, -0.1) is 9.81 Å². The van der Waals surface area contributed by atoms with Gasteiger partial charge in [-0.25, -0.2) is 14.4 Å². The van der Waals surface area contributed by atoms with Gasteiger partial charge in [0.25, 0.3) is 0 Å². The minimum Gasteiger partial charge on any atom is -0.480 e. The number of carbonyl (C=O) groups excluding carboxylic acids is 2. The minimum atomic E-state index is -1.26. The van der Waals surface area contributed by atoms with Gasteiger partial charge in [-0.05, 0) is 17.7 Å². The second-order valence-electron chi connectivity index (χ2n) is 4.91. The van der Waals surface area contributed by atoms with E-state index in [0.717, 1.165) is 4.90 Å². The molecule has 0 fully saturated rings. The number of aliphatic carboxylic acids is 1. The molecule has 0 spiro atoms. The van der Waals surface area contributed by atoms with Gasteiger partial charge in [0.1, 0.15) is 6.04 Å². The minimum absolute atomic E-state index is 0.0396. The van der Waals surface area contributed by atoms with Crippen LogP contribution in [0.1, 0.15) is 5.56 Å². The number of anilines is 1. The molecule has 0 radical (unpaired) electrons. The quantitative estimate of drug-likeness (QED) is 0.492. The standard InChI is InChI=1S/C13H16N6O6/c1-18(13(23)15-16-24)10(11(20)21)7-8-3-5-9(6-4-8)14-12(22)19(2)17-25/h3-6,10H,7H2,1-2H3,(H,14,22)(H,20,21)(H,15,23,24). The Kier molecular flexibility index (Phi) is 6.94. The van der Waals surface area contributed by atoms with E-state index < -0.39 is 24.1 Å². The molecule has 1 rings (SSSR count). The van der Waals surface area contributed by atoms with E-state index in [0.29, 0.717) is 16.3 Å². The first-order valence-electron chi connectivity index (χ1n) is 6.85. The Morgan fingerprint density at radius 1 is 1.12 bits per heavy atom. The summed E-state index contributed by atoms with van der Waals surface area (Å²) in [6.07, 6.45) is -0.0396. The van der Waals surface area contributed by atoms with Crippen LogP contribution in [0.2, 0.25) is 0 Å². The van der Waals surface area contributed by atoms with Gasteiger partial charge in [0, 0.05) is 26.2 Å². The predicted molar refractivity (Wildman–Crippen MR) is 86.2 cm³/mol. The first kappa shape index (κ1) is 19.5. The van der Waals surface area contributed by atoms with Crippen molar-refractivity contribution in [3.8, 4) is 0 Å². The summed E-state index contributed by atoms with van der Waals surface area (Å²) >= 11 is 0. The van der Waals surface area contributed by atoms with Crippen LogP contribution in [0.5, 0.6) is 0 Å². The van der Waals surface area contributed by atoms with Gasteiger partial charge < -0.3 is 15.3 Å². The highest BCUT2D eigenvalue weighted by molar-refractivity contribution is 5.88. The van der Waals surface area contributed by atoms with E-state index in [4.69, 9.17) is 0 Å². The third-order valence-corrected chi connectivity index (χ3v) is 3.26. The number of benzene rings is 1.